The Morgan fingerprint density at radius 1 is 1.10 bits per heavy atom. The molecule has 0 spiro atoms. The van der Waals surface area contributed by atoms with Gasteiger partial charge in [0, 0.05) is 12.2 Å². The number of benzene rings is 1. The Balaban J connectivity index is 2.69. The van der Waals surface area contributed by atoms with Crippen LogP contribution in [0.1, 0.15) is 33.3 Å². The van der Waals surface area contributed by atoms with Gasteiger partial charge in [-0.25, -0.2) is 13.1 Å². The fraction of sp³-hybridized carbons (Fsp3) is 0.600. The van der Waals surface area contributed by atoms with Gasteiger partial charge in [0.2, 0.25) is 10.0 Å². The summed E-state index contributed by atoms with van der Waals surface area (Å²) in [5, 5.41) is 0. The number of sulfonamides is 1. The van der Waals surface area contributed by atoms with Crippen LogP contribution >= 0.6 is 0 Å². The molecule has 0 radical (unpaired) electrons. The molecule has 0 atom stereocenters. The Bertz CT molecular complexity index is 516. The van der Waals surface area contributed by atoms with E-state index >= 15 is 0 Å². The van der Waals surface area contributed by atoms with Gasteiger partial charge in [-0.1, -0.05) is 45.9 Å². The summed E-state index contributed by atoms with van der Waals surface area (Å²) in [5.74, 6) is 1.15. The third-order valence-electron chi connectivity index (χ3n) is 3.65. The average Bonchev–Trinajstić information content (AvgIpc) is 2.31. The summed E-state index contributed by atoms with van der Waals surface area (Å²) in [7, 11) is -3.35. The Kier molecular flexibility index (Phi) is 6.02. The number of anilines is 1. The van der Waals surface area contributed by atoms with Crippen LogP contribution in [0.2, 0.25) is 0 Å². The van der Waals surface area contributed by atoms with Crippen molar-refractivity contribution >= 4 is 15.7 Å². The van der Waals surface area contributed by atoms with Crippen LogP contribution in [0.5, 0.6) is 0 Å². The first-order chi connectivity index (χ1) is 9.23. The number of para-hydroxylation sites is 1. The van der Waals surface area contributed by atoms with Crippen molar-refractivity contribution in [2.75, 3.05) is 12.3 Å². The minimum absolute atomic E-state index is 0.0669. The molecular weight excluding hydrogens is 272 g/mol. The molecular formula is C15H26N2O2S. The van der Waals surface area contributed by atoms with Crippen LogP contribution in [-0.4, -0.2) is 15.0 Å². The lowest BCUT2D eigenvalue weighted by Gasteiger charge is -2.25. The number of hydrogen-bond donors (Lipinski definition) is 2. The van der Waals surface area contributed by atoms with Crippen LogP contribution in [0, 0.1) is 17.8 Å². The largest absolute Gasteiger partial charge is 0.398 e. The van der Waals surface area contributed by atoms with Crippen LogP contribution in [0.25, 0.3) is 0 Å². The fourth-order valence-electron chi connectivity index (χ4n) is 2.39. The van der Waals surface area contributed by atoms with Gasteiger partial charge in [-0.05, 0) is 29.4 Å². The van der Waals surface area contributed by atoms with Crippen molar-refractivity contribution in [3.8, 4) is 0 Å². The van der Waals surface area contributed by atoms with Crippen LogP contribution in [0.15, 0.2) is 24.3 Å². The minimum atomic E-state index is -3.35. The topological polar surface area (TPSA) is 72.2 Å². The molecule has 1 rings (SSSR count). The monoisotopic (exact) mass is 298 g/mol. The molecule has 0 saturated carbocycles. The predicted octanol–water partition coefficient (Wildman–Crippen LogP) is 2.62. The number of nitrogens with one attached hydrogen (secondary N) is 1. The van der Waals surface area contributed by atoms with Gasteiger partial charge in [0.15, 0.2) is 0 Å². The summed E-state index contributed by atoms with van der Waals surface area (Å²) in [5.41, 5.74) is 6.95. The second-order valence-corrected chi connectivity index (χ2v) is 7.77. The van der Waals surface area contributed by atoms with Gasteiger partial charge in [0.1, 0.15) is 0 Å². The number of hydrogen-bond acceptors (Lipinski definition) is 3. The minimum Gasteiger partial charge on any atom is -0.398 e. The Morgan fingerprint density at radius 3 is 2.15 bits per heavy atom. The third-order valence-corrected chi connectivity index (χ3v) is 4.95. The number of rotatable bonds is 7. The van der Waals surface area contributed by atoms with Crippen molar-refractivity contribution in [2.24, 2.45) is 17.8 Å². The highest BCUT2D eigenvalue weighted by Gasteiger charge is 2.21. The summed E-state index contributed by atoms with van der Waals surface area (Å²) in [4.78, 5) is 0. The van der Waals surface area contributed by atoms with E-state index in [1.54, 1.807) is 24.3 Å². The summed E-state index contributed by atoms with van der Waals surface area (Å²) in [6.07, 6.45) is 0. The van der Waals surface area contributed by atoms with E-state index in [1.165, 1.54) is 0 Å². The van der Waals surface area contributed by atoms with Crippen molar-refractivity contribution in [2.45, 2.75) is 33.4 Å². The van der Waals surface area contributed by atoms with Gasteiger partial charge in [-0.15, -0.1) is 0 Å². The first-order valence-electron chi connectivity index (χ1n) is 7.03. The summed E-state index contributed by atoms with van der Waals surface area (Å²) in [6.45, 7) is 8.95. The first kappa shape index (κ1) is 17.0. The van der Waals surface area contributed by atoms with Crippen molar-refractivity contribution in [1.29, 1.82) is 0 Å². The molecule has 1 aromatic carbocycles. The third kappa shape index (κ3) is 5.13. The van der Waals surface area contributed by atoms with Gasteiger partial charge < -0.3 is 5.73 Å². The standard InChI is InChI=1S/C15H26N2O2S/c1-11(2)14(12(3)4)9-17-20(18,19)10-13-7-5-6-8-15(13)16/h5-8,11-12,14,17H,9-10,16H2,1-4H3. The normalized spacial score (nSPS) is 12.6. The SMILES string of the molecule is CC(C)C(CNS(=O)(=O)Cc1ccccc1N)C(C)C. The van der Waals surface area contributed by atoms with Crippen molar-refractivity contribution in [3.63, 3.8) is 0 Å². The molecule has 20 heavy (non-hydrogen) atoms. The molecule has 0 aliphatic rings. The molecule has 0 unspecified atom stereocenters. The van der Waals surface area contributed by atoms with E-state index in [-0.39, 0.29) is 5.75 Å². The van der Waals surface area contributed by atoms with Crippen LogP contribution in [-0.2, 0) is 15.8 Å². The second kappa shape index (κ2) is 7.09. The molecule has 0 bridgehead atoms. The zero-order valence-electron chi connectivity index (χ0n) is 12.8. The molecule has 114 valence electrons. The lowest BCUT2D eigenvalue weighted by Crippen LogP contribution is -2.34. The average molecular weight is 298 g/mol. The molecule has 0 amide bonds. The molecule has 0 aromatic heterocycles. The molecule has 3 N–H and O–H groups in total. The van der Waals surface area contributed by atoms with Gasteiger partial charge in [0.25, 0.3) is 0 Å². The highest BCUT2D eigenvalue weighted by Crippen LogP contribution is 2.20. The Labute approximate surface area is 122 Å². The Hall–Kier alpha value is -1.07. The quantitative estimate of drug-likeness (QED) is 0.760. The van der Waals surface area contributed by atoms with Gasteiger partial charge in [0.05, 0.1) is 5.75 Å². The Morgan fingerprint density at radius 2 is 1.65 bits per heavy atom. The van der Waals surface area contributed by atoms with E-state index < -0.39 is 10.0 Å². The summed E-state index contributed by atoms with van der Waals surface area (Å²) >= 11 is 0. The summed E-state index contributed by atoms with van der Waals surface area (Å²) < 4.78 is 27.0. The van der Waals surface area contributed by atoms with Crippen LogP contribution in [0.3, 0.4) is 0 Å². The van der Waals surface area contributed by atoms with E-state index in [0.29, 0.717) is 35.5 Å². The number of nitrogens with two attached hydrogens (primary N) is 1. The first-order valence-corrected chi connectivity index (χ1v) is 8.69. The maximum Gasteiger partial charge on any atom is 0.215 e. The van der Waals surface area contributed by atoms with E-state index in [2.05, 4.69) is 32.4 Å². The maximum absolute atomic E-state index is 12.1. The van der Waals surface area contributed by atoms with Crippen molar-refractivity contribution in [3.05, 3.63) is 29.8 Å². The van der Waals surface area contributed by atoms with Gasteiger partial charge in [-0.3, -0.25) is 0 Å². The van der Waals surface area contributed by atoms with Gasteiger partial charge >= 0.3 is 0 Å². The second-order valence-electron chi connectivity index (χ2n) is 5.96. The van der Waals surface area contributed by atoms with E-state index in [1.807, 2.05) is 0 Å². The van der Waals surface area contributed by atoms with Gasteiger partial charge in [-0.2, -0.15) is 0 Å². The molecule has 5 heteroatoms. The van der Waals surface area contributed by atoms with E-state index in [0.717, 1.165) is 0 Å². The molecule has 0 heterocycles. The molecule has 4 nitrogen and oxygen atoms in total. The molecule has 0 fully saturated rings. The molecule has 0 saturated heterocycles. The highest BCUT2D eigenvalue weighted by molar-refractivity contribution is 7.88. The number of nitrogen functional groups attached to an aromatic ring is 1. The maximum atomic E-state index is 12.1. The fourth-order valence-corrected chi connectivity index (χ4v) is 3.61. The zero-order chi connectivity index (χ0) is 15.3. The lowest BCUT2D eigenvalue weighted by atomic mass is 9.86. The van der Waals surface area contributed by atoms with Crippen molar-refractivity contribution < 1.29 is 8.42 Å². The molecule has 0 aliphatic carbocycles. The van der Waals surface area contributed by atoms with E-state index in [9.17, 15) is 8.42 Å². The van der Waals surface area contributed by atoms with Crippen LogP contribution < -0.4 is 10.5 Å². The van der Waals surface area contributed by atoms with E-state index in [4.69, 9.17) is 5.73 Å². The summed E-state index contributed by atoms with van der Waals surface area (Å²) in [6, 6.07) is 7.06. The molecule has 1 aromatic rings. The highest BCUT2D eigenvalue weighted by atomic mass is 32.2. The zero-order valence-corrected chi connectivity index (χ0v) is 13.6. The predicted molar refractivity (Wildman–Crippen MR) is 84.6 cm³/mol. The lowest BCUT2D eigenvalue weighted by molar-refractivity contribution is 0.289. The van der Waals surface area contributed by atoms with Crippen molar-refractivity contribution in [1.82, 2.24) is 4.72 Å². The van der Waals surface area contributed by atoms with Crippen LogP contribution in [0.4, 0.5) is 5.69 Å². The molecule has 0 aliphatic heterocycles. The smallest absolute Gasteiger partial charge is 0.215 e.